The molecule has 25 heavy (non-hydrogen) atoms. The van der Waals surface area contributed by atoms with Gasteiger partial charge in [-0.25, -0.2) is 0 Å². The molecule has 1 amide bonds. The molecule has 1 aromatic heterocycles. The summed E-state index contributed by atoms with van der Waals surface area (Å²) in [7, 11) is 0. The molecule has 1 saturated heterocycles. The number of nitrogens with zero attached hydrogens (tertiary/aromatic N) is 3. The molecule has 1 atom stereocenters. The van der Waals surface area contributed by atoms with E-state index in [1.54, 1.807) is 0 Å². The van der Waals surface area contributed by atoms with E-state index in [0.717, 1.165) is 30.8 Å². The summed E-state index contributed by atoms with van der Waals surface area (Å²) < 4.78 is 5.43. The summed E-state index contributed by atoms with van der Waals surface area (Å²) in [5, 5.41) is 7.06. The molecule has 0 saturated carbocycles. The van der Waals surface area contributed by atoms with E-state index in [1.807, 2.05) is 32.0 Å². The summed E-state index contributed by atoms with van der Waals surface area (Å²) >= 11 is 0. The monoisotopic (exact) mass is 342 g/mol. The molecule has 0 bridgehead atoms. The smallest absolute Gasteiger partial charge is 0.244 e. The second-order valence-corrected chi connectivity index (χ2v) is 6.98. The van der Waals surface area contributed by atoms with Gasteiger partial charge in [-0.2, -0.15) is 4.98 Å². The van der Waals surface area contributed by atoms with Gasteiger partial charge >= 0.3 is 0 Å². The van der Waals surface area contributed by atoms with Crippen molar-refractivity contribution in [2.75, 3.05) is 13.1 Å². The lowest BCUT2D eigenvalue weighted by atomic mass is 10.1. The molecule has 0 aliphatic carbocycles. The minimum atomic E-state index is 0.0266. The average Bonchev–Trinajstić information content (AvgIpc) is 3.23. The number of likely N-dealkylation sites (tertiary alicyclic amines) is 1. The van der Waals surface area contributed by atoms with Gasteiger partial charge in [0.2, 0.25) is 11.8 Å². The van der Waals surface area contributed by atoms with E-state index in [4.69, 9.17) is 4.52 Å². The van der Waals surface area contributed by atoms with Crippen LogP contribution in [0.5, 0.6) is 0 Å². The Labute approximate surface area is 148 Å². The Morgan fingerprint density at radius 3 is 2.92 bits per heavy atom. The third-order valence-electron chi connectivity index (χ3n) is 4.71. The zero-order valence-electron chi connectivity index (χ0n) is 15.2. The van der Waals surface area contributed by atoms with Gasteiger partial charge in [-0.1, -0.05) is 43.3 Å². The number of amides is 1. The molecule has 6 nitrogen and oxygen atoms in total. The van der Waals surface area contributed by atoms with E-state index in [1.165, 1.54) is 5.56 Å². The van der Waals surface area contributed by atoms with Gasteiger partial charge < -0.3 is 9.84 Å². The fourth-order valence-corrected chi connectivity index (χ4v) is 3.15. The molecule has 1 aliphatic heterocycles. The fourth-order valence-electron chi connectivity index (χ4n) is 3.15. The Morgan fingerprint density at radius 2 is 2.20 bits per heavy atom. The minimum Gasteiger partial charge on any atom is -0.351 e. The molecule has 1 aromatic carbocycles. The number of carbonyl (C=O) groups is 1. The van der Waals surface area contributed by atoms with Crippen LogP contribution in [0.4, 0.5) is 0 Å². The highest BCUT2D eigenvalue weighted by molar-refractivity contribution is 5.78. The van der Waals surface area contributed by atoms with Gasteiger partial charge in [0.05, 0.1) is 12.6 Å². The maximum Gasteiger partial charge on any atom is 0.244 e. The molecule has 6 heteroatoms. The van der Waals surface area contributed by atoms with Crippen molar-refractivity contribution in [3.8, 4) is 0 Å². The molecule has 0 radical (unpaired) electrons. The summed E-state index contributed by atoms with van der Waals surface area (Å²) in [5.41, 5.74) is 2.33. The predicted molar refractivity (Wildman–Crippen MR) is 95.0 cm³/mol. The van der Waals surface area contributed by atoms with Crippen LogP contribution >= 0.6 is 0 Å². The molecule has 0 spiro atoms. The highest BCUT2D eigenvalue weighted by Gasteiger charge is 2.32. The lowest BCUT2D eigenvalue weighted by molar-refractivity contribution is -0.122. The summed E-state index contributed by atoms with van der Waals surface area (Å²) in [5.74, 6) is 1.63. The molecule has 1 unspecified atom stereocenters. The maximum absolute atomic E-state index is 12.4. The van der Waals surface area contributed by atoms with E-state index in [-0.39, 0.29) is 17.9 Å². The molecule has 2 aromatic rings. The minimum absolute atomic E-state index is 0.0266. The third-order valence-corrected chi connectivity index (χ3v) is 4.71. The quantitative estimate of drug-likeness (QED) is 0.874. The van der Waals surface area contributed by atoms with Gasteiger partial charge in [-0.05, 0) is 37.4 Å². The van der Waals surface area contributed by atoms with E-state index >= 15 is 0 Å². The summed E-state index contributed by atoms with van der Waals surface area (Å²) in [6, 6.07) is 8.14. The Balaban J connectivity index is 1.57. The van der Waals surface area contributed by atoms with Crippen molar-refractivity contribution in [2.45, 2.75) is 52.1 Å². The number of benzene rings is 1. The second kappa shape index (κ2) is 7.78. The standard InChI is InChI=1S/C19H26N4O2/c1-13(2)18-21-19(25-22-18)16-9-6-10-23(16)12-17(24)20-11-15-8-5-4-7-14(15)3/h4-5,7-8,13,16H,6,9-12H2,1-3H3,(H,20,24). The molecule has 1 N–H and O–H groups in total. The number of aryl methyl sites for hydroxylation is 1. The average molecular weight is 342 g/mol. The fraction of sp³-hybridized carbons (Fsp3) is 0.526. The number of hydrogen-bond acceptors (Lipinski definition) is 5. The molecule has 134 valence electrons. The number of nitrogens with one attached hydrogen (secondary N) is 1. The van der Waals surface area contributed by atoms with Crippen LogP contribution < -0.4 is 5.32 Å². The van der Waals surface area contributed by atoms with Crippen LogP contribution in [0.3, 0.4) is 0 Å². The van der Waals surface area contributed by atoms with Crippen LogP contribution in [-0.2, 0) is 11.3 Å². The van der Waals surface area contributed by atoms with Crippen molar-refractivity contribution in [1.29, 1.82) is 0 Å². The lowest BCUT2D eigenvalue weighted by Crippen LogP contribution is -2.36. The van der Waals surface area contributed by atoms with Crippen molar-refractivity contribution < 1.29 is 9.32 Å². The SMILES string of the molecule is Cc1ccccc1CNC(=O)CN1CCCC1c1nc(C(C)C)no1. The molecule has 1 fully saturated rings. The first-order chi connectivity index (χ1) is 12.0. The van der Waals surface area contributed by atoms with E-state index in [9.17, 15) is 4.79 Å². The highest BCUT2D eigenvalue weighted by atomic mass is 16.5. The molecular weight excluding hydrogens is 316 g/mol. The van der Waals surface area contributed by atoms with Gasteiger partial charge in [0.15, 0.2) is 5.82 Å². The van der Waals surface area contributed by atoms with Crippen LogP contribution in [0, 0.1) is 6.92 Å². The highest BCUT2D eigenvalue weighted by Crippen LogP contribution is 2.31. The zero-order chi connectivity index (χ0) is 17.8. The van der Waals surface area contributed by atoms with Crippen molar-refractivity contribution in [2.24, 2.45) is 0 Å². The largest absolute Gasteiger partial charge is 0.351 e. The normalized spacial score (nSPS) is 18.0. The Bertz CT molecular complexity index is 726. The van der Waals surface area contributed by atoms with Crippen molar-refractivity contribution >= 4 is 5.91 Å². The lowest BCUT2D eigenvalue weighted by Gasteiger charge is -2.20. The van der Waals surface area contributed by atoms with Gasteiger partial charge in [-0.3, -0.25) is 9.69 Å². The van der Waals surface area contributed by atoms with Gasteiger partial charge in [-0.15, -0.1) is 0 Å². The van der Waals surface area contributed by atoms with Crippen LogP contribution in [0.15, 0.2) is 28.8 Å². The van der Waals surface area contributed by atoms with E-state index in [0.29, 0.717) is 19.0 Å². The number of hydrogen-bond donors (Lipinski definition) is 1. The van der Waals surface area contributed by atoms with Gasteiger partial charge in [0, 0.05) is 12.5 Å². The molecule has 3 rings (SSSR count). The summed E-state index contributed by atoms with van der Waals surface area (Å²) in [6.45, 7) is 7.93. The Hall–Kier alpha value is -2.21. The van der Waals surface area contributed by atoms with Crippen molar-refractivity contribution in [3.63, 3.8) is 0 Å². The van der Waals surface area contributed by atoms with Gasteiger partial charge in [0.1, 0.15) is 0 Å². The zero-order valence-corrected chi connectivity index (χ0v) is 15.2. The number of rotatable bonds is 6. The van der Waals surface area contributed by atoms with Crippen LogP contribution in [-0.4, -0.2) is 34.0 Å². The Kier molecular flexibility index (Phi) is 5.48. The predicted octanol–water partition coefficient (Wildman–Crippen LogP) is 2.95. The van der Waals surface area contributed by atoms with Crippen molar-refractivity contribution in [3.05, 3.63) is 47.1 Å². The number of carbonyl (C=O) groups excluding carboxylic acids is 1. The topological polar surface area (TPSA) is 71.3 Å². The molecule has 1 aliphatic rings. The Morgan fingerprint density at radius 1 is 1.40 bits per heavy atom. The first-order valence-corrected chi connectivity index (χ1v) is 8.93. The summed E-state index contributed by atoms with van der Waals surface area (Å²) in [4.78, 5) is 19.0. The van der Waals surface area contributed by atoms with E-state index in [2.05, 4.69) is 33.3 Å². The van der Waals surface area contributed by atoms with E-state index < -0.39 is 0 Å². The molecule has 2 heterocycles. The van der Waals surface area contributed by atoms with Crippen LogP contribution in [0.25, 0.3) is 0 Å². The van der Waals surface area contributed by atoms with Gasteiger partial charge in [0.25, 0.3) is 0 Å². The maximum atomic E-state index is 12.4. The second-order valence-electron chi connectivity index (χ2n) is 6.98. The summed E-state index contributed by atoms with van der Waals surface area (Å²) in [6.07, 6.45) is 1.99. The van der Waals surface area contributed by atoms with Crippen LogP contribution in [0.1, 0.15) is 61.5 Å². The third kappa shape index (κ3) is 4.25. The first-order valence-electron chi connectivity index (χ1n) is 8.93. The first kappa shape index (κ1) is 17.6. The number of aromatic nitrogens is 2. The van der Waals surface area contributed by atoms with Crippen molar-refractivity contribution in [1.82, 2.24) is 20.4 Å². The van der Waals surface area contributed by atoms with Crippen LogP contribution in [0.2, 0.25) is 0 Å². The molecular formula is C19H26N4O2.